The van der Waals surface area contributed by atoms with E-state index in [4.69, 9.17) is 0 Å². The largest absolute Gasteiger partial charge is 0.360 e. The van der Waals surface area contributed by atoms with Crippen molar-refractivity contribution in [3.05, 3.63) is 34.2 Å². The molecule has 0 aliphatic carbocycles. The molecule has 0 saturated carbocycles. The maximum Gasteiger partial charge on any atom is 0.125 e. The van der Waals surface area contributed by atoms with Gasteiger partial charge in [0.05, 0.1) is 5.52 Å². The van der Waals surface area contributed by atoms with Gasteiger partial charge in [-0.2, -0.15) is 0 Å². The molecule has 1 atom stereocenters. The molecule has 1 aromatic heterocycles. The van der Waals surface area contributed by atoms with Crippen LogP contribution in [0.5, 0.6) is 0 Å². The lowest BCUT2D eigenvalue weighted by atomic mass is 9.78. The van der Waals surface area contributed by atoms with E-state index < -0.39 is 0 Å². The van der Waals surface area contributed by atoms with E-state index in [1.54, 1.807) is 6.07 Å². The second-order valence-corrected chi connectivity index (χ2v) is 6.50. The first-order chi connectivity index (χ1) is 7.80. The normalized spacial score (nSPS) is 14.2. The summed E-state index contributed by atoms with van der Waals surface area (Å²) in [6, 6.07) is 3.10. The zero-order valence-corrected chi connectivity index (χ0v) is 12.2. The zero-order chi connectivity index (χ0) is 12.8. The van der Waals surface area contributed by atoms with E-state index in [-0.39, 0.29) is 11.2 Å². The van der Waals surface area contributed by atoms with Gasteiger partial charge >= 0.3 is 0 Å². The Bertz CT molecular complexity index is 551. The fourth-order valence-electron chi connectivity index (χ4n) is 2.00. The highest BCUT2D eigenvalue weighted by atomic mass is 79.9. The van der Waals surface area contributed by atoms with E-state index in [1.807, 2.05) is 6.20 Å². The van der Waals surface area contributed by atoms with Crippen molar-refractivity contribution < 1.29 is 4.39 Å². The molecule has 92 valence electrons. The van der Waals surface area contributed by atoms with Crippen LogP contribution in [0.1, 0.15) is 39.2 Å². The monoisotopic (exact) mass is 297 g/mol. The molecule has 0 spiro atoms. The Morgan fingerprint density at radius 1 is 1.29 bits per heavy atom. The first-order valence-electron chi connectivity index (χ1n) is 5.76. The number of rotatable bonds is 1. The van der Waals surface area contributed by atoms with Crippen LogP contribution in [0.4, 0.5) is 4.39 Å². The molecule has 0 saturated heterocycles. The lowest BCUT2D eigenvalue weighted by molar-refractivity contribution is 0.341. The minimum absolute atomic E-state index is 0.161. The number of hydrogen-bond acceptors (Lipinski definition) is 0. The maximum absolute atomic E-state index is 13.5. The van der Waals surface area contributed by atoms with E-state index in [9.17, 15) is 4.39 Å². The summed E-state index contributed by atoms with van der Waals surface area (Å²) in [7, 11) is 0. The number of benzene rings is 1. The van der Waals surface area contributed by atoms with Gasteiger partial charge in [-0.15, -0.1) is 0 Å². The summed E-state index contributed by atoms with van der Waals surface area (Å²) in [5.74, 6) is 0.163. The molecule has 2 aromatic rings. The second-order valence-electron chi connectivity index (χ2n) is 5.64. The van der Waals surface area contributed by atoms with Crippen LogP contribution < -0.4 is 0 Å². The molecule has 17 heavy (non-hydrogen) atoms. The summed E-state index contributed by atoms with van der Waals surface area (Å²) >= 11 is 3.39. The first-order valence-corrected chi connectivity index (χ1v) is 6.56. The molecule has 1 nitrogen and oxygen atoms in total. The van der Waals surface area contributed by atoms with Gasteiger partial charge in [-0.05, 0) is 45.0 Å². The van der Waals surface area contributed by atoms with Crippen LogP contribution in [-0.2, 0) is 0 Å². The molecular weight excluding hydrogens is 281 g/mol. The van der Waals surface area contributed by atoms with Crippen molar-refractivity contribution in [2.45, 2.75) is 33.6 Å². The topological polar surface area (TPSA) is 15.8 Å². The van der Waals surface area contributed by atoms with E-state index in [1.165, 1.54) is 11.6 Å². The fourth-order valence-corrected chi connectivity index (χ4v) is 2.55. The number of aromatic amines is 1. The van der Waals surface area contributed by atoms with Crippen LogP contribution in [-0.4, -0.2) is 4.98 Å². The van der Waals surface area contributed by atoms with E-state index in [0.717, 1.165) is 15.4 Å². The Hall–Kier alpha value is -0.830. The van der Waals surface area contributed by atoms with Crippen molar-refractivity contribution in [3.8, 4) is 0 Å². The van der Waals surface area contributed by atoms with Gasteiger partial charge < -0.3 is 4.98 Å². The predicted octanol–water partition coefficient (Wildman–Crippen LogP) is 5.22. The van der Waals surface area contributed by atoms with Crippen molar-refractivity contribution in [2.75, 3.05) is 0 Å². The second kappa shape index (κ2) is 4.13. The molecule has 1 N–H and O–H groups in total. The molecule has 0 bridgehead atoms. The molecule has 2 rings (SSSR count). The van der Waals surface area contributed by atoms with Crippen LogP contribution in [0, 0.1) is 11.2 Å². The minimum atomic E-state index is -0.202. The zero-order valence-electron chi connectivity index (χ0n) is 10.6. The summed E-state index contributed by atoms with van der Waals surface area (Å²) < 4.78 is 14.2. The maximum atomic E-state index is 13.5. The van der Waals surface area contributed by atoms with Crippen molar-refractivity contribution >= 4 is 26.8 Å². The van der Waals surface area contributed by atoms with Gasteiger partial charge in [0.15, 0.2) is 0 Å². The smallest absolute Gasteiger partial charge is 0.125 e. The first kappa shape index (κ1) is 12.6. The van der Waals surface area contributed by atoms with Crippen LogP contribution in [0.3, 0.4) is 0 Å². The molecule has 1 aromatic carbocycles. The summed E-state index contributed by atoms with van der Waals surface area (Å²) in [4.78, 5) is 3.22. The Balaban J connectivity index is 2.64. The highest BCUT2D eigenvalue weighted by Gasteiger charge is 2.24. The molecule has 1 heterocycles. The molecule has 1 unspecified atom stereocenters. The summed E-state index contributed by atoms with van der Waals surface area (Å²) in [6.07, 6.45) is 1.99. The average molecular weight is 298 g/mol. The molecule has 0 aliphatic heterocycles. The van der Waals surface area contributed by atoms with E-state index in [2.05, 4.69) is 48.6 Å². The van der Waals surface area contributed by atoms with Crippen LogP contribution in [0.25, 0.3) is 10.9 Å². The van der Waals surface area contributed by atoms with Gasteiger partial charge in [-0.3, -0.25) is 0 Å². The SMILES string of the molecule is CC(c1c[nH]c2c(Br)cc(F)cc12)C(C)(C)C. The Morgan fingerprint density at radius 2 is 1.94 bits per heavy atom. The molecule has 0 aliphatic rings. The summed E-state index contributed by atoms with van der Waals surface area (Å²) in [5.41, 5.74) is 2.30. The van der Waals surface area contributed by atoms with Gasteiger partial charge in [0.2, 0.25) is 0 Å². The number of halogens is 2. The third kappa shape index (κ3) is 2.25. The molecule has 0 fully saturated rings. The number of aromatic nitrogens is 1. The van der Waals surface area contributed by atoms with Crippen molar-refractivity contribution in [3.63, 3.8) is 0 Å². The third-order valence-electron chi connectivity index (χ3n) is 3.50. The van der Waals surface area contributed by atoms with Gasteiger partial charge in [-0.25, -0.2) is 4.39 Å². The van der Waals surface area contributed by atoms with Gasteiger partial charge in [-0.1, -0.05) is 27.7 Å². The van der Waals surface area contributed by atoms with Crippen molar-refractivity contribution in [1.29, 1.82) is 0 Å². The van der Waals surface area contributed by atoms with Gasteiger partial charge in [0.25, 0.3) is 0 Å². The van der Waals surface area contributed by atoms with Crippen LogP contribution >= 0.6 is 15.9 Å². The van der Waals surface area contributed by atoms with Gasteiger partial charge in [0, 0.05) is 16.1 Å². The van der Waals surface area contributed by atoms with Crippen LogP contribution in [0.2, 0.25) is 0 Å². The van der Waals surface area contributed by atoms with Crippen molar-refractivity contribution in [2.24, 2.45) is 5.41 Å². The Labute approximate surface area is 110 Å². The Morgan fingerprint density at radius 3 is 2.53 bits per heavy atom. The minimum Gasteiger partial charge on any atom is -0.360 e. The molecular formula is C14H17BrFN. The standard InChI is InChI=1S/C14H17BrFN/c1-8(14(2,3)4)11-7-17-13-10(11)5-9(16)6-12(13)15/h5-8,17H,1-4H3. The van der Waals surface area contributed by atoms with E-state index in [0.29, 0.717) is 5.92 Å². The van der Waals surface area contributed by atoms with E-state index >= 15 is 0 Å². The highest BCUT2D eigenvalue weighted by Crippen LogP contribution is 2.39. The molecule has 0 amide bonds. The third-order valence-corrected chi connectivity index (χ3v) is 4.13. The van der Waals surface area contributed by atoms with Crippen LogP contribution in [0.15, 0.2) is 22.8 Å². The van der Waals surface area contributed by atoms with Crippen molar-refractivity contribution in [1.82, 2.24) is 4.98 Å². The van der Waals surface area contributed by atoms with Gasteiger partial charge in [0.1, 0.15) is 5.82 Å². The average Bonchev–Trinajstić information content (AvgIpc) is 2.58. The fraction of sp³-hybridized carbons (Fsp3) is 0.429. The lowest BCUT2D eigenvalue weighted by Gasteiger charge is -2.27. The quantitative estimate of drug-likeness (QED) is 0.743. The number of H-pyrrole nitrogens is 1. The Kier molecular flexibility index (Phi) is 3.06. The number of hydrogen-bond donors (Lipinski definition) is 1. The molecule has 3 heteroatoms. The predicted molar refractivity (Wildman–Crippen MR) is 73.8 cm³/mol. The molecule has 0 radical (unpaired) electrons. The summed E-state index contributed by atoms with van der Waals surface area (Å²) in [5, 5.41) is 0.972. The highest BCUT2D eigenvalue weighted by molar-refractivity contribution is 9.10. The summed E-state index contributed by atoms with van der Waals surface area (Å²) in [6.45, 7) is 8.78. The number of nitrogens with one attached hydrogen (secondary N) is 1. The lowest BCUT2D eigenvalue weighted by Crippen LogP contribution is -2.14. The number of fused-ring (bicyclic) bond motifs is 1.